The lowest BCUT2D eigenvalue weighted by molar-refractivity contribution is -0.0498. The minimum absolute atomic E-state index is 0.102. The van der Waals surface area contributed by atoms with E-state index in [1.165, 1.54) is 28.6 Å². The number of aromatic amines is 1. The van der Waals surface area contributed by atoms with Gasteiger partial charge < -0.3 is 19.7 Å². The maximum atomic E-state index is 12.2. The molecule has 1 aliphatic heterocycles. The van der Waals surface area contributed by atoms with Crippen molar-refractivity contribution < 1.29 is 18.6 Å². The second-order valence-corrected chi connectivity index (χ2v) is 7.33. The third-order valence-corrected chi connectivity index (χ3v) is 5.57. The Hall–Kier alpha value is -2.44. The zero-order chi connectivity index (χ0) is 19.5. The minimum atomic E-state index is -2.84. The molecule has 3 aromatic rings. The maximum Gasteiger partial charge on any atom is 0.387 e. The van der Waals surface area contributed by atoms with Gasteiger partial charge in [0.15, 0.2) is 0 Å². The zero-order valence-corrected chi connectivity index (χ0v) is 15.5. The Morgan fingerprint density at radius 2 is 1.79 bits per heavy atom. The molecule has 4 rings (SSSR count). The fourth-order valence-corrected chi connectivity index (χ4v) is 4.08. The molecule has 4 nitrogen and oxygen atoms in total. The van der Waals surface area contributed by atoms with E-state index >= 15 is 0 Å². The molecule has 2 N–H and O–H groups in total. The summed E-state index contributed by atoms with van der Waals surface area (Å²) in [6, 6.07) is 14.6. The topological polar surface area (TPSA) is 48.5 Å². The zero-order valence-electron chi connectivity index (χ0n) is 15.5. The summed E-state index contributed by atoms with van der Waals surface area (Å²) in [4.78, 5) is 5.62. The number of benzene rings is 2. The van der Waals surface area contributed by atoms with Gasteiger partial charge in [-0.25, -0.2) is 0 Å². The Balaban J connectivity index is 1.32. The molecule has 6 heteroatoms. The van der Waals surface area contributed by atoms with Crippen molar-refractivity contribution in [2.75, 3.05) is 19.6 Å². The molecule has 1 aromatic heterocycles. The van der Waals surface area contributed by atoms with Gasteiger partial charge in [0.1, 0.15) is 5.75 Å². The Bertz CT molecular complexity index is 902. The van der Waals surface area contributed by atoms with Crippen molar-refractivity contribution in [3.8, 4) is 5.75 Å². The van der Waals surface area contributed by atoms with E-state index in [4.69, 9.17) is 0 Å². The van der Waals surface area contributed by atoms with Gasteiger partial charge in [-0.3, -0.25) is 0 Å². The molecule has 1 atom stereocenters. The second kappa shape index (κ2) is 8.29. The van der Waals surface area contributed by atoms with Gasteiger partial charge in [-0.1, -0.05) is 30.3 Å². The van der Waals surface area contributed by atoms with Crippen molar-refractivity contribution in [3.05, 3.63) is 65.9 Å². The highest BCUT2D eigenvalue weighted by Crippen LogP contribution is 2.33. The van der Waals surface area contributed by atoms with Crippen LogP contribution in [0.5, 0.6) is 5.75 Å². The summed E-state index contributed by atoms with van der Waals surface area (Å²) in [6.45, 7) is -0.453. The van der Waals surface area contributed by atoms with Crippen molar-refractivity contribution in [2.45, 2.75) is 31.5 Å². The number of halogens is 2. The molecule has 28 heavy (non-hydrogen) atoms. The average Bonchev–Trinajstić information content (AvgIpc) is 3.13. The summed E-state index contributed by atoms with van der Waals surface area (Å²) in [7, 11) is 0. The lowest BCUT2D eigenvalue weighted by atomic mass is 9.89. The number of aliphatic hydroxyl groups is 1. The lowest BCUT2D eigenvalue weighted by Crippen LogP contribution is -2.36. The van der Waals surface area contributed by atoms with Crippen LogP contribution in [0.15, 0.2) is 54.7 Å². The van der Waals surface area contributed by atoms with E-state index in [9.17, 15) is 13.9 Å². The highest BCUT2D eigenvalue weighted by atomic mass is 19.3. The van der Waals surface area contributed by atoms with Gasteiger partial charge in [0.2, 0.25) is 0 Å². The number of para-hydroxylation sites is 1. The summed E-state index contributed by atoms with van der Waals surface area (Å²) in [5.41, 5.74) is 3.26. The normalized spacial score (nSPS) is 17.3. The van der Waals surface area contributed by atoms with Crippen LogP contribution in [0.1, 0.15) is 36.0 Å². The number of alkyl halides is 2. The van der Waals surface area contributed by atoms with E-state index < -0.39 is 12.7 Å². The molecule has 1 fully saturated rings. The first-order valence-corrected chi connectivity index (χ1v) is 9.61. The van der Waals surface area contributed by atoms with E-state index in [0.717, 1.165) is 25.9 Å². The lowest BCUT2D eigenvalue weighted by Gasteiger charge is -2.33. The van der Waals surface area contributed by atoms with Crippen LogP contribution in [0.3, 0.4) is 0 Å². The summed E-state index contributed by atoms with van der Waals surface area (Å²) in [5, 5.41) is 11.8. The monoisotopic (exact) mass is 386 g/mol. The van der Waals surface area contributed by atoms with Crippen molar-refractivity contribution in [1.82, 2.24) is 9.88 Å². The predicted molar refractivity (Wildman–Crippen MR) is 105 cm³/mol. The van der Waals surface area contributed by atoms with Crippen LogP contribution in [0.4, 0.5) is 8.78 Å². The first-order chi connectivity index (χ1) is 13.6. The summed E-state index contributed by atoms with van der Waals surface area (Å²) in [6.07, 6.45) is 3.58. The molecule has 1 unspecified atom stereocenters. The maximum absolute atomic E-state index is 12.2. The Morgan fingerprint density at radius 3 is 2.50 bits per heavy atom. The largest absolute Gasteiger partial charge is 0.435 e. The molecule has 2 aromatic carbocycles. The Labute approximate surface area is 162 Å². The summed E-state index contributed by atoms with van der Waals surface area (Å²) in [5.74, 6) is 0.626. The smallest absolute Gasteiger partial charge is 0.387 e. The van der Waals surface area contributed by atoms with Gasteiger partial charge >= 0.3 is 6.61 Å². The third kappa shape index (κ3) is 4.18. The Kier molecular flexibility index (Phi) is 5.59. The molecule has 0 radical (unpaired) electrons. The van der Waals surface area contributed by atoms with E-state index in [0.29, 0.717) is 18.0 Å². The van der Waals surface area contributed by atoms with Crippen LogP contribution in [0.25, 0.3) is 10.9 Å². The fraction of sp³-hybridized carbons (Fsp3) is 0.364. The standard InChI is InChI=1S/C22H24F2N2O2/c23-22(24)28-17-7-5-16(6-8-17)21(27)14-26-11-9-15(10-12-26)19-13-25-20-4-2-1-3-18(19)20/h1-8,13,15,21-22,25,27H,9-12,14H2. The second-order valence-electron chi connectivity index (χ2n) is 7.33. The van der Waals surface area contributed by atoms with Gasteiger partial charge in [-0.05, 0) is 61.2 Å². The number of likely N-dealkylation sites (tertiary alicyclic amines) is 1. The molecule has 148 valence electrons. The summed E-state index contributed by atoms with van der Waals surface area (Å²) >= 11 is 0. The number of H-pyrrole nitrogens is 1. The van der Waals surface area contributed by atoms with Gasteiger partial charge in [0, 0.05) is 23.6 Å². The highest BCUT2D eigenvalue weighted by molar-refractivity contribution is 5.83. The van der Waals surface area contributed by atoms with Crippen LogP contribution in [-0.2, 0) is 0 Å². The van der Waals surface area contributed by atoms with Crippen molar-refractivity contribution in [2.24, 2.45) is 0 Å². The van der Waals surface area contributed by atoms with Crippen LogP contribution in [-0.4, -0.2) is 41.2 Å². The first kappa shape index (κ1) is 18.9. The fourth-order valence-electron chi connectivity index (χ4n) is 4.08. The van der Waals surface area contributed by atoms with Crippen LogP contribution in [0, 0.1) is 0 Å². The molecule has 1 aliphatic rings. The number of fused-ring (bicyclic) bond motifs is 1. The molecule has 0 amide bonds. The van der Waals surface area contributed by atoms with Crippen molar-refractivity contribution in [3.63, 3.8) is 0 Å². The predicted octanol–water partition coefficient (Wildman–Crippen LogP) is 4.68. The minimum Gasteiger partial charge on any atom is -0.435 e. The third-order valence-electron chi connectivity index (χ3n) is 5.57. The van der Waals surface area contributed by atoms with E-state index in [1.807, 2.05) is 6.07 Å². The van der Waals surface area contributed by atoms with Gasteiger partial charge in [-0.15, -0.1) is 0 Å². The molecular formula is C22H24F2N2O2. The highest BCUT2D eigenvalue weighted by Gasteiger charge is 2.24. The molecule has 2 heterocycles. The number of nitrogens with zero attached hydrogens (tertiary/aromatic N) is 1. The van der Waals surface area contributed by atoms with Crippen LogP contribution < -0.4 is 4.74 Å². The summed E-state index contributed by atoms with van der Waals surface area (Å²) < 4.78 is 28.8. The van der Waals surface area contributed by atoms with Crippen LogP contribution >= 0.6 is 0 Å². The molecule has 0 spiro atoms. The van der Waals surface area contributed by atoms with Gasteiger partial charge in [0.05, 0.1) is 6.10 Å². The number of hydrogen-bond acceptors (Lipinski definition) is 3. The molecule has 0 bridgehead atoms. The molecule has 0 aliphatic carbocycles. The number of ether oxygens (including phenoxy) is 1. The van der Waals surface area contributed by atoms with E-state index in [2.05, 4.69) is 39.0 Å². The van der Waals surface area contributed by atoms with Crippen molar-refractivity contribution in [1.29, 1.82) is 0 Å². The number of aromatic nitrogens is 1. The van der Waals surface area contributed by atoms with Gasteiger partial charge in [0.25, 0.3) is 0 Å². The van der Waals surface area contributed by atoms with E-state index in [-0.39, 0.29) is 5.75 Å². The van der Waals surface area contributed by atoms with E-state index in [1.54, 1.807) is 12.1 Å². The molecule has 0 saturated carbocycles. The number of hydrogen-bond donors (Lipinski definition) is 2. The van der Waals surface area contributed by atoms with Gasteiger partial charge in [-0.2, -0.15) is 8.78 Å². The number of nitrogens with one attached hydrogen (secondary N) is 1. The quantitative estimate of drug-likeness (QED) is 0.647. The molecular weight excluding hydrogens is 362 g/mol. The average molecular weight is 386 g/mol. The number of piperidine rings is 1. The Morgan fingerprint density at radius 1 is 1.07 bits per heavy atom. The number of β-amino-alcohol motifs (C(OH)–C–C–N with tert-alkyl or cyclic N) is 1. The van der Waals surface area contributed by atoms with Crippen LogP contribution in [0.2, 0.25) is 0 Å². The first-order valence-electron chi connectivity index (χ1n) is 9.61. The number of aliphatic hydroxyl groups excluding tert-OH is 1. The number of rotatable bonds is 6. The van der Waals surface area contributed by atoms with Crippen molar-refractivity contribution >= 4 is 10.9 Å². The SMILES string of the molecule is OC(CN1CCC(c2c[nH]c3ccccc23)CC1)c1ccc(OC(F)F)cc1. The molecule has 1 saturated heterocycles.